The van der Waals surface area contributed by atoms with Gasteiger partial charge in [-0.3, -0.25) is 0 Å². The van der Waals surface area contributed by atoms with Crippen LogP contribution in [0.3, 0.4) is 0 Å². The zero-order valence-corrected chi connectivity index (χ0v) is 86.5. The Morgan fingerprint density at radius 1 is 0.238 bits per heavy atom. The van der Waals surface area contributed by atoms with Crippen molar-refractivity contribution in [3.05, 3.63) is 273 Å². The van der Waals surface area contributed by atoms with Crippen LogP contribution >= 0.6 is 0 Å². The summed E-state index contributed by atoms with van der Waals surface area (Å²) in [6, 6.07) is 76.4. The minimum atomic E-state index is 0.0233. The maximum absolute atomic E-state index is 6.30. The number of benzene rings is 10. The van der Waals surface area contributed by atoms with Gasteiger partial charge in [0.1, 0.15) is 11.5 Å². The lowest BCUT2D eigenvalue weighted by Crippen LogP contribution is -2.20. The molecule has 126 heavy (non-hydrogen) atoms. The van der Waals surface area contributed by atoms with Gasteiger partial charge in [0.2, 0.25) is 0 Å². The molecule has 11 rings (SSSR count). The summed E-state index contributed by atoms with van der Waals surface area (Å²) in [5, 5.41) is 5.37. The molecular formula is C122H176N2O2. The van der Waals surface area contributed by atoms with Gasteiger partial charge >= 0.3 is 0 Å². The third-order valence-electron chi connectivity index (χ3n) is 24.8. The smallest absolute Gasteiger partial charge is 0.123 e. The molecule has 0 atom stereocenters. The standard InChI is InChI=1S/C26H29N.C26H31N.C26H46O2.C26H46.C18H24/c1-25(2,3)18-12-14-23-21(16-18)22-17-19(26(4,5)6)13-15-24(22)27(23)20-10-8-7-9-11-20;1-25(2,3)20-12-16-23(17-13-20)27(22-10-8-7-9-11-22)24-18-14-21(15-19-24)26(4,5)6;1-9-11-13-15-17-27-23-19-22(26(6,7)8)24(20-21(23)25(3,4)5)28-18-16-14-12-10-2;1-9-11-13-15-17-21-19-24(26(6,7)8)22(18-16-14-12-10-2)20-23(21)25(3,4)5;1-17(2,3)15-9-7-14-12-16(18(4,5)6)10-8-13(14)11-15/h7-17H,1-6H3;7-19H,1-6H3;19-20H,9-18H2,1-8H3;19-20H,9-18H2,1-8H3;7-12H,1-6H3. The van der Waals surface area contributed by atoms with Crippen molar-refractivity contribution in [2.45, 2.75) is 405 Å². The van der Waals surface area contributed by atoms with Crippen molar-refractivity contribution in [2.75, 3.05) is 18.1 Å². The number of anilines is 3. The summed E-state index contributed by atoms with van der Waals surface area (Å²) in [4.78, 5) is 2.32. The summed E-state index contributed by atoms with van der Waals surface area (Å²) in [5.74, 6) is 2.07. The van der Waals surface area contributed by atoms with E-state index in [0.717, 1.165) is 37.6 Å². The Kier molecular flexibility index (Phi) is 37.6. The highest BCUT2D eigenvalue weighted by Gasteiger charge is 2.30. The molecule has 10 aromatic carbocycles. The molecule has 1 aromatic heterocycles. The molecule has 0 aliphatic rings. The van der Waals surface area contributed by atoms with Gasteiger partial charge in [0, 0.05) is 44.6 Å². The maximum Gasteiger partial charge on any atom is 0.123 e. The summed E-state index contributed by atoms with van der Waals surface area (Å²) in [6.45, 7) is 79.3. The number of hydrogen-bond donors (Lipinski definition) is 0. The summed E-state index contributed by atoms with van der Waals surface area (Å²) in [5.41, 5.74) is 26.0. The second kappa shape index (κ2) is 45.3. The number of para-hydroxylation sites is 2. The van der Waals surface area contributed by atoms with E-state index in [2.05, 4.69) is 451 Å². The van der Waals surface area contributed by atoms with E-state index in [1.54, 1.807) is 22.3 Å². The van der Waals surface area contributed by atoms with Crippen LogP contribution in [0.25, 0.3) is 38.3 Å². The van der Waals surface area contributed by atoms with Crippen LogP contribution in [-0.2, 0) is 67.0 Å². The molecule has 4 nitrogen and oxygen atoms in total. The van der Waals surface area contributed by atoms with Crippen molar-refractivity contribution in [1.82, 2.24) is 4.57 Å². The van der Waals surface area contributed by atoms with Crippen molar-refractivity contribution in [2.24, 2.45) is 0 Å². The van der Waals surface area contributed by atoms with E-state index in [4.69, 9.17) is 9.47 Å². The van der Waals surface area contributed by atoms with Gasteiger partial charge in [0.05, 0.1) is 24.2 Å². The number of rotatable bonds is 26. The molecule has 0 saturated carbocycles. The lowest BCUT2D eigenvalue weighted by molar-refractivity contribution is 0.284. The van der Waals surface area contributed by atoms with Crippen LogP contribution in [0.5, 0.6) is 11.5 Å². The summed E-state index contributed by atoms with van der Waals surface area (Å²) in [6.07, 6.45) is 23.1. The fraction of sp³-hybridized carbons (Fsp3) is 0.525. The number of aromatic nitrogens is 1. The predicted molar refractivity (Wildman–Crippen MR) is 561 cm³/mol. The first kappa shape index (κ1) is 105. The molecule has 0 saturated heterocycles. The van der Waals surface area contributed by atoms with E-state index >= 15 is 0 Å². The first-order valence-electron chi connectivity index (χ1n) is 49.1. The number of fused-ring (bicyclic) bond motifs is 4. The minimum Gasteiger partial charge on any atom is -0.493 e. The zero-order valence-electron chi connectivity index (χ0n) is 86.5. The van der Waals surface area contributed by atoms with Crippen LogP contribution in [0.4, 0.5) is 17.1 Å². The second-order valence-corrected chi connectivity index (χ2v) is 46.6. The Morgan fingerprint density at radius 2 is 0.516 bits per heavy atom. The normalized spacial score (nSPS) is 12.5. The molecule has 11 aromatic rings. The van der Waals surface area contributed by atoms with Gasteiger partial charge in [-0.25, -0.2) is 0 Å². The number of ether oxygens (including phenoxy) is 2. The lowest BCUT2D eigenvalue weighted by Gasteiger charge is -2.30. The van der Waals surface area contributed by atoms with E-state index in [1.165, 1.54) is 203 Å². The molecule has 0 bridgehead atoms. The molecule has 0 amide bonds. The Bertz CT molecular complexity index is 4820. The molecule has 4 heteroatoms. The molecule has 0 aliphatic heterocycles. The third-order valence-corrected chi connectivity index (χ3v) is 24.8. The monoisotopic (exact) mass is 1700 g/mol. The largest absolute Gasteiger partial charge is 0.493 e. The molecule has 0 unspecified atom stereocenters. The van der Waals surface area contributed by atoms with Crippen molar-refractivity contribution >= 4 is 49.6 Å². The van der Waals surface area contributed by atoms with E-state index in [9.17, 15) is 0 Å². The SMILES string of the molecule is CC(C)(C)c1ccc(N(c2ccccc2)c2ccc(C(C)(C)C)cc2)cc1.CC(C)(C)c1ccc2c(c1)c1cc(C(C)(C)C)ccc1n2-c1ccccc1.CC(C)(C)c1ccc2cc(C(C)(C)C)ccc2c1.CCCCCCOc1cc(C(C)(C)C)c(OCCCCCC)cc1C(C)(C)C.CCCCCCc1cc(C(C)(C)C)c(CCCCCC)cc1C(C)(C)C. The summed E-state index contributed by atoms with van der Waals surface area (Å²) < 4.78 is 15.0. The van der Waals surface area contributed by atoms with Gasteiger partial charge in [0.25, 0.3) is 0 Å². The lowest BCUT2D eigenvalue weighted by atomic mass is 9.75. The number of aryl methyl sites for hydroxylation is 2. The second-order valence-electron chi connectivity index (χ2n) is 46.6. The summed E-state index contributed by atoms with van der Waals surface area (Å²) >= 11 is 0. The van der Waals surface area contributed by atoms with Crippen LogP contribution in [0.15, 0.2) is 206 Å². The van der Waals surface area contributed by atoms with Crippen LogP contribution in [0, 0.1) is 0 Å². The first-order chi connectivity index (χ1) is 58.7. The van der Waals surface area contributed by atoms with Crippen molar-refractivity contribution in [3.8, 4) is 17.2 Å². The molecule has 0 fully saturated rings. The van der Waals surface area contributed by atoms with E-state index in [1.807, 2.05) is 0 Å². The number of unbranched alkanes of at least 4 members (excludes halogenated alkanes) is 12. The van der Waals surface area contributed by atoms with E-state index < -0.39 is 0 Å². The Labute approximate surface area is 772 Å². The summed E-state index contributed by atoms with van der Waals surface area (Å²) in [7, 11) is 0. The van der Waals surface area contributed by atoms with Crippen LogP contribution in [0.2, 0.25) is 0 Å². The first-order valence-corrected chi connectivity index (χ1v) is 49.1. The van der Waals surface area contributed by atoms with Gasteiger partial charge in [-0.2, -0.15) is 0 Å². The van der Waals surface area contributed by atoms with E-state index in [-0.39, 0.29) is 54.1 Å². The van der Waals surface area contributed by atoms with E-state index in [0.29, 0.717) is 0 Å². The Balaban J connectivity index is 0.000000217. The fourth-order valence-corrected chi connectivity index (χ4v) is 16.6. The predicted octanol–water partition coefficient (Wildman–Crippen LogP) is 37.3. The highest BCUT2D eigenvalue weighted by molar-refractivity contribution is 6.10. The highest BCUT2D eigenvalue weighted by Crippen LogP contribution is 2.45. The van der Waals surface area contributed by atoms with Gasteiger partial charge in [0.15, 0.2) is 0 Å². The average Bonchev–Trinajstić information content (AvgIpc) is 1.57. The van der Waals surface area contributed by atoms with Gasteiger partial charge in [-0.05, 0) is 244 Å². The molecule has 686 valence electrons. The molecule has 0 spiro atoms. The Hall–Kier alpha value is -8.34. The van der Waals surface area contributed by atoms with Crippen LogP contribution < -0.4 is 14.4 Å². The molecule has 0 N–H and O–H groups in total. The maximum atomic E-state index is 6.30. The molecule has 1 heterocycles. The topological polar surface area (TPSA) is 26.6 Å². The zero-order chi connectivity index (χ0) is 93.6. The van der Waals surface area contributed by atoms with Gasteiger partial charge < -0.3 is 18.9 Å². The minimum absolute atomic E-state index is 0.0233. The number of nitrogens with zero attached hydrogens (tertiary/aromatic N) is 2. The molecular weight excluding hydrogens is 1530 g/mol. The van der Waals surface area contributed by atoms with Crippen molar-refractivity contribution in [3.63, 3.8) is 0 Å². The van der Waals surface area contributed by atoms with Crippen LogP contribution in [0.1, 0.15) is 405 Å². The number of hydrogen-bond acceptors (Lipinski definition) is 3. The van der Waals surface area contributed by atoms with Crippen molar-refractivity contribution in [1.29, 1.82) is 0 Å². The van der Waals surface area contributed by atoms with Crippen LogP contribution in [-0.4, -0.2) is 17.8 Å². The van der Waals surface area contributed by atoms with Gasteiger partial charge in [-0.15, -0.1) is 0 Å². The van der Waals surface area contributed by atoms with Crippen molar-refractivity contribution < 1.29 is 9.47 Å². The fourth-order valence-electron chi connectivity index (χ4n) is 16.6. The quantitative estimate of drug-likeness (QED) is 0.0506. The average molecular weight is 1700 g/mol. The molecule has 0 aliphatic carbocycles. The third kappa shape index (κ3) is 30.9. The van der Waals surface area contributed by atoms with Gasteiger partial charge in [-0.1, -0.05) is 434 Å². The molecule has 0 radical (unpaired) electrons. The Morgan fingerprint density at radius 3 is 0.817 bits per heavy atom. The highest BCUT2D eigenvalue weighted by atomic mass is 16.5.